The molecule has 1 aromatic rings. The normalized spacial score (nSPS) is 16.3. The molecule has 1 atom stereocenters. The Labute approximate surface area is 67.4 Å². The minimum Gasteiger partial charge on any atom is -0.469 e. The fraction of sp³-hybridized carbons (Fsp3) is 0.556. The Bertz CT molecular complexity index is 201. The predicted molar refractivity (Wildman–Crippen MR) is 45.3 cm³/mol. The highest BCUT2D eigenvalue weighted by Gasteiger charge is 2.17. The molecule has 2 heteroatoms. The van der Waals surface area contributed by atoms with Crippen molar-refractivity contribution in [2.45, 2.75) is 32.2 Å². The van der Waals surface area contributed by atoms with Crippen LogP contribution in [-0.4, -0.2) is 5.54 Å². The van der Waals surface area contributed by atoms with Gasteiger partial charge in [0.1, 0.15) is 5.76 Å². The first-order valence-corrected chi connectivity index (χ1v) is 3.95. The summed E-state index contributed by atoms with van der Waals surface area (Å²) in [6.07, 6.45) is 3.46. The van der Waals surface area contributed by atoms with Gasteiger partial charge >= 0.3 is 0 Å². The first-order valence-electron chi connectivity index (χ1n) is 3.95. The predicted octanol–water partition coefficient (Wildman–Crippen LogP) is 1.95. The van der Waals surface area contributed by atoms with Crippen LogP contribution in [0.1, 0.15) is 26.0 Å². The molecule has 0 aliphatic carbocycles. The molecule has 0 fully saturated rings. The van der Waals surface area contributed by atoms with Gasteiger partial charge in [0, 0.05) is 12.0 Å². The molecule has 0 aromatic carbocycles. The lowest BCUT2D eigenvalue weighted by atomic mass is 9.95. The summed E-state index contributed by atoms with van der Waals surface area (Å²) in [4.78, 5) is 0. The summed E-state index contributed by atoms with van der Waals surface area (Å²) in [5.41, 5.74) is 5.82. The maximum Gasteiger partial charge on any atom is 0.105 e. The van der Waals surface area contributed by atoms with E-state index in [2.05, 4.69) is 6.92 Å². The lowest BCUT2D eigenvalue weighted by molar-refractivity contribution is 0.395. The van der Waals surface area contributed by atoms with Crippen LogP contribution in [0, 0.1) is 0 Å². The third-order valence-corrected chi connectivity index (χ3v) is 1.97. The highest BCUT2D eigenvalue weighted by atomic mass is 16.3. The molecule has 0 saturated heterocycles. The van der Waals surface area contributed by atoms with Crippen LogP contribution in [0.2, 0.25) is 0 Å². The van der Waals surface area contributed by atoms with Crippen molar-refractivity contribution in [3.63, 3.8) is 0 Å². The van der Waals surface area contributed by atoms with Gasteiger partial charge in [-0.3, -0.25) is 0 Å². The second-order valence-electron chi connectivity index (χ2n) is 3.26. The molecular weight excluding hydrogens is 138 g/mol. The molecule has 0 radical (unpaired) electrons. The maximum atomic E-state index is 5.95. The van der Waals surface area contributed by atoms with Crippen molar-refractivity contribution in [1.29, 1.82) is 0 Å². The number of rotatable bonds is 3. The fourth-order valence-corrected chi connectivity index (χ4v) is 0.936. The largest absolute Gasteiger partial charge is 0.469 e. The van der Waals surface area contributed by atoms with Crippen molar-refractivity contribution >= 4 is 0 Å². The Morgan fingerprint density at radius 2 is 2.36 bits per heavy atom. The van der Waals surface area contributed by atoms with Crippen LogP contribution >= 0.6 is 0 Å². The van der Waals surface area contributed by atoms with Crippen LogP contribution in [0.4, 0.5) is 0 Å². The molecule has 0 saturated carbocycles. The van der Waals surface area contributed by atoms with Crippen LogP contribution < -0.4 is 5.73 Å². The van der Waals surface area contributed by atoms with Crippen molar-refractivity contribution in [2.24, 2.45) is 5.73 Å². The van der Waals surface area contributed by atoms with Gasteiger partial charge in [0.2, 0.25) is 0 Å². The van der Waals surface area contributed by atoms with Gasteiger partial charge in [-0.05, 0) is 25.5 Å². The fourth-order valence-electron chi connectivity index (χ4n) is 0.936. The van der Waals surface area contributed by atoms with E-state index in [0.29, 0.717) is 0 Å². The van der Waals surface area contributed by atoms with Crippen LogP contribution in [0.3, 0.4) is 0 Å². The van der Waals surface area contributed by atoms with Gasteiger partial charge in [-0.25, -0.2) is 0 Å². The summed E-state index contributed by atoms with van der Waals surface area (Å²) in [5.74, 6) is 0.969. The van der Waals surface area contributed by atoms with E-state index in [1.54, 1.807) is 6.26 Å². The second-order valence-corrected chi connectivity index (χ2v) is 3.26. The quantitative estimate of drug-likeness (QED) is 0.720. The minimum atomic E-state index is -0.127. The molecule has 2 N–H and O–H groups in total. The molecule has 0 aliphatic heterocycles. The van der Waals surface area contributed by atoms with Crippen LogP contribution in [0.25, 0.3) is 0 Å². The number of hydrogen-bond donors (Lipinski definition) is 1. The monoisotopic (exact) mass is 153 g/mol. The van der Waals surface area contributed by atoms with E-state index in [9.17, 15) is 0 Å². The van der Waals surface area contributed by atoms with Gasteiger partial charge in [0.05, 0.1) is 6.26 Å². The Balaban J connectivity index is 2.56. The van der Waals surface area contributed by atoms with E-state index in [1.807, 2.05) is 19.1 Å². The summed E-state index contributed by atoms with van der Waals surface area (Å²) in [6, 6.07) is 3.85. The molecule has 0 spiro atoms. The van der Waals surface area contributed by atoms with Crippen LogP contribution in [0.15, 0.2) is 22.8 Å². The summed E-state index contributed by atoms with van der Waals surface area (Å²) in [5, 5.41) is 0. The molecule has 11 heavy (non-hydrogen) atoms. The number of hydrogen-bond acceptors (Lipinski definition) is 2. The zero-order valence-corrected chi connectivity index (χ0v) is 7.13. The van der Waals surface area contributed by atoms with E-state index in [0.717, 1.165) is 18.6 Å². The zero-order valence-electron chi connectivity index (χ0n) is 7.13. The average molecular weight is 153 g/mol. The summed E-state index contributed by atoms with van der Waals surface area (Å²) in [6.45, 7) is 4.12. The van der Waals surface area contributed by atoms with E-state index in [1.165, 1.54) is 0 Å². The Morgan fingerprint density at radius 3 is 2.82 bits per heavy atom. The highest BCUT2D eigenvalue weighted by molar-refractivity contribution is 5.02. The lowest BCUT2D eigenvalue weighted by Crippen LogP contribution is -2.37. The SMILES string of the molecule is CCC(C)(N)Cc1ccco1. The molecule has 2 nitrogen and oxygen atoms in total. The van der Waals surface area contributed by atoms with Crippen molar-refractivity contribution in [3.8, 4) is 0 Å². The third-order valence-electron chi connectivity index (χ3n) is 1.97. The molecule has 1 unspecified atom stereocenters. The van der Waals surface area contributed by atoms with Crippen molar-refractivity contribution in [2.75, 3.05) is 0 Å². The van der Waals surface area contributed by atoms with E-state index in [-0.39, 0.29) is 5.54 Å². The smallest absolute Gasteiger partial charge is 0.105 e. The number of nitrogens with two attached hydrogens (primary N) is 1. The summed E-state index contributed by atoms with van der Waals surface area (Å²) >= 11 is 0. The average Bonchev–Trinajstić information content (AvgIpc) is 2.39. The van der Waals surface area contributed by atoms with E-state index >= 15 is 0 Å². The van der Waals surface area contributed by atoms with E-state index in [4.69, 9.17) is 10.2 Å². The van der Waals surface area contributed by atoms with E-state index < -0.39 is 0 Å². The summed E-state index contributed by atoms with van der Waals surface area (Å²) < 4.78 is 5.19. The summed E-state index contributed by atoms with van der Waals surface area (Å²) in [7, 11) is 0. The minimum absolute atomic E-state index is 0.127. The highest BCUT2D eigenvalue weighted by Crippen LogP contribution is 2.13. The molecule has 1 heterocycles. The Morgan fingerprint density at radius 1 is 1.64 bits per heavy atom. The van der Waals surface area contributed by atoms with Gasteiger partial charge < -0.3 is 10.2 Å². The van der Waals surface area contributed by atoms with Crippen LogP contribution in [0.5, 0.6) is 0 Å². The van der Waals surface area contributed by atoms with Gasteiger partial charge in [0.25, 0.3) is 0 Å². The molecular formula is C9H15NO. The van der Waals surface area contributed by atoms with Gasteiger partial charge in [-0.15, -0.1) is 0 Å². The Kier molecular flexibility index (Phi) is 2.35. The first-order chi connectivity index (χ1) is 5.14. The molecule has 1 rings (SSSR count). The molecule has 1 aromatic heterocycles. The zero-order chi connectivity index (χ0) is 8.32. The van der Waals surface area contributed by atoms with Gasteiger partial charge in [0.15, 0.2) is 0 Å². The molecule has 0 aliphatic rings. The van der Waals surface area contributed by atoms with Crippen LogP contribution in [-0.2, 0) is 6.42 Å². The number of furan rings is 1. The standard InChI is InChI=1S/C9H15NO/c1-3-9(2,10)7-8-5-4-6-11-8/h4-6H,3,7,10H2,1-2H3. The van der Waals surface area contributed by atoms with Crippen molar-refractivity contribution in [1.82, 2.24) is 0 Å². The third kappa shape index (κ3) is 2.39. The maximum absolute atomic E-state index is 5.95. The topological polar surface area (TPSA) is 39.2 Å². The molecule has 62 valence electrons. The van der Waals surface area contributed by atoms with Gasteiger partial charge in [-0.2, -0.15) is 0 Å². The van der Waals surface area contributed by atoms with Crippen molar-refractivity contribution < 1.29 is 4.42 Å². The van der Waals surface area contributed by atoms with Gasteiger partial charge in [-0.1, -0.05) is 6.92 Å². The lowest BCUT2D eigenvalue weighted by Gasteiger charge is -2.20. The Hall–Kier alpha value is -0.760. The molecule has 0 amide bonds. The van der Waals surface area contributed by atoms with Crippen molar-refractivity contribution in [3.05, 3.63) is 24.2 Å². The second kappa shape index (κ2) is 3.09. The first kappa shape index (κ1) is 8.34. The molecule has 0 bridgehead atoms.